The number of halogens is 5. The maximum Gasteiger partial charge on any atom is 0.416 e. The minimum Gasteiger partial charge on any atom is -0.324 e. The largest absolute Gasteiger partial charge is 0.416 e. The number of nitrogens with two attached hydrogens (primary N) is 1. The molecule has 0 aliphatic carbocycles. The Balaban J connectivity index is 2.32. The first-order valence-electron chi connectivity index (χ1n) is 5.62. The lowest BCUT2D eigenvalue weighted by molar-refractivity contribution is -0.138. The average molecular weight is 429 g/mol. The van der Waals surface area contributed by atoms with Gasteiger partial charge in [0.05, 0.1) is 5.56 Å². The van der Waals surface area contributed by atoms with Crippen molar-refractivity contribution in [2.75, 3.05) is 0 Å². The molecule has 0 fully saturated rings. The van der Waals surface area contributed by atoms with Crippen molar-refractivity contribution in [3.05, 3.63) is 54.6 Å². The zero-order valence-electron chi connectivity index (χ0n) is 10.0. The van der Waals surface area contributed by atoms with Gasteiger partial charge in [-0.3, -0.25) is 0 Å². The Kier molecular flexibility index (Phi) is 4.94. The zero-order chi connectivity index (χ0) is 14.9. The van der Waals surface area contributed by atoms with Crippen molar-refractivity contribution in [2.24, 2.45) is 5.73 Å². The molecule has 1 nitrogen and oxygen atoms in total. The molecule has 1 aromatic heterocycles. The van der Waals surface area contributed by atoms with Gasteiger partial charge in [0.15, 0.2) is 0 Å². The standard InChI is InChI=1S/C13H10Br2F3NS/c14-7-1-2-10(11(4-7)13(16,17)18)12(19)5-9-3-8(15)6-20-9/h1-4,6,12H,5,19H2. The van der Waals surface area contributed by atoms with E-state index in [9.17, 15) is 13.2 Å². The molecule has 1 atom stereocenters. The predicted octanol–water partition coefficient (Wildman–Crippen LogP) is 5.53. The van der Waals surface area contributed by atoms with Gasteiger partial charge in [0.25, 0.3) is 0 Å². The molecular formula is C13H10Br2F3NS. The van der Waals surface area contributed by atoms with Crippen LogP contribution in [0.25, 0.3) is 0 Å². The summed E-state index contributed by atoms with van der Waals surface area (Å²) in [7, 11) is 0. The Labute approximate surface area is 135 Å². The summed E-state index contributed by atoms with van der Waals surface area (Å²) in [5, 5.41) is 1.88. The Hall–Kier alpha value is -0.370. The van der Waals surface area contributed by atoms with Crippen LogP contribution in [0, 0.1) is 0 Å². The Bertz CT molecular complexity index is 610. The molecule has 0 saturated carbocycles. The van der Waals surface area contributed by atoms with Gasteiger partial charge in [0.1, 0.15) is 0 Å². The molecule has 2 N–H and O–H groups in total. The topological polar surface area (TPSA) is 26.0 Å². The summed E-state index contributed by atoms with van der Waals surface area (Å²) < 4.78 is 40.5. The second-order valence-corrected chi connectivity index (χ2v) is 7.10. The fraction of sp³-hybridized carbons (Fsp3) is 0.231. The van der Waals surface area contributed by atoms with E-state index >= 15 is 0 Å². The van der Waals surface area contributed by atoms with Gasteiger partial charge in [0.2, 0.25) is 0 Å². The number of thiophene rings is 1. The number of benzene rings is 1. The smallest absolute Gasteiger partial charge is 0.324 e. The highest BCUT2D eigenvalue weighted by Gasteiger charge is 2.34. The van der Waals surface area contributed by atoms with Crippen LogP contribution in [0.15, 0.2) is 38.6 Å². The summed E-state index contributed by atoms with van der Waals surface area (Å²) in [5.41, 5.74) is 5.39. The van der Waals surface area contributed by atoms with Crippen molar-refractivity contribution in [3.8, 4) is 0 Å². The zero-order valence-corrected chi connectivity index (χ0v) is 14.0. The summed E-state index contributed by atoms with van der Waals surface area (Å²) in [6.45, 7) is 0. The van der Waals surface area contributed by atoms with E-state index in [0.29, 0.717) is 10.9 Å². The Morgan fingerprint density at radius 2 is 1.85 bits per heavy atom. The van der Waals surface area contributed by atoms with Crippen molar-refractivity contribution in [1.82, 2.24) is 0 Å². The molecule has 7 heteroatoms. The Morgan fingerprint density at radius 3 is 2.40 bits per heavy atom. The number of hydrogen-bond donors (Lipinski definition) is 1. The van der Waals surface area contributed by atoms with Crippen molar-refractivity contribution in [3.63, 3.8) is 0 Å². The second-order valence-electron chi connectivity index (χ2n) is 4.27. The normalized spacial score (nSPS) is 13.5. The van der Waals surface area contributed by atoms with E-state index in [0.717, 1.165) is 15.4 Å². The van der Waals surface area contributed by atoms with Gasteiger partial charge < -0.3 is 5.73 Å². The monoisotopic (exact) mass is 427 g/mol. The van der Waals surface area contributed by atoms with Gasteiger partial charge >= 0.3 is 6.18 Å². The number of rotatable bonds is 3. The minimum atomic E-state index is -4.41. The minimum absolute atomic E-state index is 0.116. The molecule has 2 rings (SSSR count). The van der Waals surface area contributed by atoms with Crippen molar-refractivity contribution in [1.29, 1.82) is 0 Å². The molecule has 0 aliphatic heterocycles. The molecule has 20 heavy (non-hydrogen) atoms. The van der Waals surface area contributed by atoms with Gasteiger partial charge in [-0.1, -0.05) is 22.0 Å². The van der Waals surface area contributed by atoms with Gasteiger partial charge in [0, 0.05) is 31.7 Å². The maximum absolute atomic E-state index is 13.1. The van der Waals surface area contributed by atoms with Gasteiger partial charge in [-0.15, -0.1) is 11.3 Å². The first kappa shape index (κ1) is 16.0. The maximum atomic E-state index is 13.1. The Morgan fingerprint density at radius 1 is 1.15 bits per heavy atom. The van der Waals surface area contributed by atoms with Crippen LogP contribution in [0.2, 0.25) is 0 Å². The summed E-state index contributed by atoms with van der Waals surface area (Å²) in [6.07, 6.45) is -4.03. The molecule has 0 amide bonds. The predicted molar refractivity (Wildman–Crippen MR) is 81.8 cm³/mol. The molecule has 0 radical (unpaired) electrons. The molecule has 0 bridgehead atoms. The van der Waals surface area contributed by atoms with E-state index in [1.54, 1.807) is 6.07 Å². The summed E-state index contributed by atoms with van der Waals surface area (Å²) in [5.74, 6) is 0. The van der Waals surface area contributed by atoms with E-state index < -0.39 is 17.8 Å². The van der Waals surface area contributed by atoms with Crippen LogP contribution < -0.4 is 5.73 Å². The highest BCUT2D eigenvalue weighted by Crippen LogP contribution is 2.37. The van der Waals surface area contributed by atoms with E-state index in [1.807, 2.05) is 11.4 Å². The van der Waals surface area contributed by atoms with Crippen LogP contribution in [-0.4, -0.2) is 0 Å². The van der Waals surface area contributed by atoms with Crippen molar-refractivity contribution < 1.29 is 13.2 Å². The summed E-state index contributed by atoms with van der Waals surface area (Å²) in [6, 6.07) is 5.26. The van der Waals surface area contributed by atoms with Gasteiger partial charge in [-0.25, -0.2) is 0 Å². The molecule has 2 aromatic rings. The van der Waals surface area contributed by atoms with Crippen LogP contribution in [0.1, 0.15) is 22.0 Å². The number of alkyl halides is 3. The molecule has 1 unspecified atom stereocenters. The quantitative estimate of drug-likeness (QED) is 0.682. The molecule has 0 spiro atoms. The fourth-order valence-electron chi connectivity index (χ4n) is 1.88. The molecule has 0 aliphatic rings. The fourth-order valence-corrected chi connectivity index (χ4v) is 3.76. The average Bonchev–Trinajstić information content (AvgIpc) is 2.73. The van der Waals surface area contributed by atoms with Gasteiger partial charge in [-0.2, -0.15) is 13.2 Å². The lowest BCUT2D eigenvalue weighted by atomic mass is 9.98. The molecular weight excluding hydrogens is 419 g/mol. The van der Waals surface area contributed by atoms with Crippen LogP contribution in [0.4, 0.5) is 13.2 Å². The van der Waals surface area contributed by atoms with Crippen LogP contribution in [0.3, 0.4) is 0 Å². The highest BCUT2D eigenvalue weighted by molar-refractivity contribution is 9.10. The summed E-state index contributed by atoms with van der Waals surface area (Å²) in [4.78, 5) is 0.945. The molecule has 108 valence electrons. The SMILES string of the molecule is NC(Cc1cc(Br)cs1)c1ccc(Br)cc1C(F)(F)F. The molecule has 1 aromatic carbocycles. The highest BCUT2D eigenvalue weighted by atomic mass is 79.9. The third-order valence-corrected chi connectivity index (χ3v) is 4.98. The van der Waals surface area contributed by atoms with Crippen LogP contribution in [-0.2, 0) is 12.6 Å². The lowest BCUT2D eigenvalue weighted by Crippen LogP contribution is -2.19. The van der Waals surface area contributed by atoms with Gasteiger partial charge in [-0.05, 0) is 39.7 Å². The number of hydrogen-bond acceptors (Lipinski definition) is 2. The third-order valence-electron chi connectivity index (χ3n) is 2.76. The third kappa shape index (κ3) is 3.84. The molecule has 1 heterocycles. The second kappa shape index (κ2) is 6.17. The lowest BCUT2D eigenvalue weighted by Gasteiger charge is -2.18. The van der Waals surface area contributed by atoms with E-state index in [2.05, 4.69) is 31.9 Å². The van der Waals surface area contributed by atoms with Crippen molar-refractivity contribution in [2.45, 2.75) is 18.6 Å². The van der Waals surface area contributed by atoms with Crippen LogP contribution >= 0.6 is 43.2 Å². The van der Waals surface area contributed by atoms with Crippen molar-refractivity contribution >= 4 is 43.2 Å². The first-order chi connectivity index (χ1) is 9.27. The molecule has 0 saturated heterocycles. The summed E-state index contributed by atoms with van der Waals surface area (Å²) >= 11 is 7.85. The van der Waals surface area contributed by atoms with E-state index in [4.69, 9.17) is 5.73 Å². The van der Waals surface area contributed by atoms with Crippen LogP contribution in [0.5, 0.6) is 0 Å². The van der Waals surface area contributed by atoms with E-state index in [1.165, 1.54) is 17.4 Å². The first-order valence-corrected chi connectivity index (χ1v) is 8.09. The van der Waals surface area contributed by atoms with E-state index in [-0.39, 0.29) is 5.56 Å².